The summed E-state index contributed by atoms with van der Waals surface area (Å²) in [5.74, 6) is 8.97. The maximum Gasteiger partial charge on any atom is 0.133 e. The summed E-state index contributed by atoms with van der Waals surface area (Å²) in [4.78, 5) is 9.84. The van der Waals surface area contributed by atoms with Crippen molar-refractivity contribution in [2.75, 3.05) is 51.8 Å². The topological polar surface area (TPSA) is 58.1 Å². The number of anilines is 1. The zero-order valence-corrected chi connectivity index (χ0v) is 20.7. The monoisotopic (exact) mass is 473 g/mol. The number of nitrogens with zero attached hydrogens (tertiary/aromatic N) is 3. The highest BCUT2D eigenvalue weighted by atomic mass is 16.5. The fourth-order valence-corrected chi connectivity index (χ4v) is 6.84. The minimum Gasteiger partial charge on any atom is -0.377 e. The van der Waals surface area contributed by atoms with E-state index in [0.29, 0.717) is 6.42 Å². The summed E-state index contributed by atoms with van der Waals surface area (Å²) >= 11 is 0. The van der Waals surface area contributed by atoms with Crippen LogP contribution in [0.3, 0.4) is 0 Å². The lowest BCUT2D eigenvalue weighted by molar-refractivity contribution is -0.150. The highest BCUT2D eigenvalue weighted by molar-refractivity contribution is 5.50. The first kappa shape index (κ1) is 23.0. The molecule has 4 bridgehead atoms. The Morgan fingerprint density at radius 3 is 2.26 bits per heavy atom. The molecule has 4 aliphatic heterocycles. The van der Waals surface area contributed by atoms with Crippen LogP contribution in [0, 0.1) is 29.6 Å². The lowest BCUT2D eigenvalue weighted by atomic mass is 9.59. The van der Waals surface area contributed by atoms with E-state index in [-0.39, 0.29) is 24.0 Å². The van der Waals surface area contributed by atoms with Gasteiger partial charge in [-0.1, -0.05) is 42.2 Å². The Balaban J connectivity index is 1.32. The normalized spacial score (nSPS) is 35.2. The van der Waals surface area contributed by atoms with Crippen LogP contribution in [0.1, 0.15) is 29.7 Å². The average Bonchev–Trinajstić information content (AvgIpc) is 3.30. The molecule has 5 heterocycles. The highest BCUT2D eigenvalue weighted by Gasteiger charge is 2.55. The van der Waals surface area contributed by atoms with Crippen LogP contribution >= 0.6 is 0 Å². The van der Waals surface area contributed by atoms with E-state index in [9.17, 15) is 5.11 Å². The smallest absolute Gasteiger partial charge is 0.133 e. The maximum atomic E-state index is 11.7. The number of aliphatic hydroxyl groups is 1. The summed E-state index contributed by atoms with van der Waals surface area (Å²) in [6, 6.07) is 14.5. The second kappa shape index (κ2) is 9.22. The van der Waals surface area contributed by atoms with Gasteiger partial charge in [0, 0.05) is 70.8 Å². The molecule has 6 heteroatoms. The zero-order chi connectivity index (χ0) is 24.0. The van der Waals surface area contributed by atoms with Crippen LogP contribution < -0.4 is 4.90 Å². The van der Waals surface area contributed by atoms with Crippen molar-refractivity contribution in [1.82, 2.24) is 9.88 Å². The Morgan fingerprint density at radius 1 is 0.943 bits per heavy atom. The molecule has 4 saturated heterocycles. The largest absolute Gasteiger partial charge is 0.377 e. The van der Waals surface area contributed by atoms with E-state index in [2.05, 4.69) is 58.0 Å². The van der Waals surface area contributed by atoms with Crippen LogP contribution in [0.5, 0.6) is 0 Å². The predicted molar refractivity (Wildman–Crippen MR) is 135 cm³/mol. The van der Waals surface area contributed by atoms with Crippen LogP contribution in [0.25, 0.3) is 0 Å². The van der Waals surface area contributed by atoms with E-state index in [0.717, 1.165) is 62.0 Å². The summed E-state index contributed by atoms with van der Waals surface area (Å²) in [5, 5.41) is 11.7. The Bertz CT molecular complexity index is 1080. The number of aromatic nitrogens is 1. The number of rotatable bonds is 5. The second-order valence-corrected chi connectivity index (χ2v) is 10.8. The molecule has 184 valence electrons. The van der Waals surface area contributed by atoms with Crippen molar-refractivity contribution >= 4 is 5.82 Å². The maximum absolute atomic E-state index is 11.7. The van der Waals surface area contributed by atoms with Gasteiger partial charge >= 0.3 is 0 Å². The van der Waals surface area contributed by atoms with Crippen molar-refractivity contribution in [3.63, 3.8) is 0 Å². The van der Waals surface area contributed by atoms with Crippen molar-refractivity contribution in [2.24, 2.45) is 17.8 Å². The molecule has 1 saturated carbocycles. The number of hydrogen-bond donors (Lipinski definition) is 1. The third-order valence-electron chi connectivity index (χ3n) is 8.67. The third kappa shape index (κ3) is 4.25. The summed E-state index contributed by atoms with van der Waals surface area (Å²) in [6.45, 7) is 4.65. The molecule has 0 radical (unpaired) electrons. The lowest BCUT2D eigenvalue weighted by Gasteiger charge is -2.58. The van der Waals surface area contributed by atoms with E-state index in [1.165, 1.54) is 12.1 Å². The van der Waals surface area contributed by atoms with Gasteiger partial charge in [-0.2, -0.15) is 0 Å². The molecule has 0 spiro atoms. The SMILES string of the molecule is CO[C@@H]1CN(c2ccc(C#CC3(O)C4CC5CC3CN(C5)C4)c(Cc3ccccc3)n2)C[C@H]1OC. The van der Waals surface area contributed by atoms with Gasteiger partial charge in [-0.25, -0.2) is 4.98 Å². The van der Waals surface area contributed by atoms with E-state index in [1.54, 1.807) is 14.2 Å². The molecule has 1 aliphatic carbocycles. The second-order valence-electron chi connectivity index (χ2n) is 10.8. The van der Waals surface area contributed by atoms with Crippen molar-refractivity contribution in [2.45, 2.75) is 37.1 Å². The molecule has 1 aromatic heterocycles. The molecule has 35 heavy (non-hydrogen) atoms. The first-order valence-electron chi connectivity index (χ1n) is 12.9. The van der Waals surface area contributed by atoms with Crippen molar-refractivity contribution in [3.8, 4) is 11.8 Å². The summed E-state index contributed by atoms with van der Waals surface area (Å²) in [6.07, 6.45) is 2.96. The van der Waals surface area contributed by atoms with Crippen molar-refractivity contribution in [3.05, 3.63) is 59.3 Å². The van der Waals surface area contributed by atoms with E-state index >= 15 is 0 Å². The molecular weight excluding hydrogens is 438 g/mol. The van der Waals surface area contributed by atoms with Gasteiger partial charge in [0.05, 0.1) is 5.69 Å². The minimum atomic E-state index is -0.886. The zero-order valence-electron chi connectivity index (χ0n) is 20.7. The fourth-order valence-electron chi connectivity index (χ4n) is 6.84. The third-order valence-corrected chi connectivity index (χ3v) is 8.67. The quantitative estimate of drug-likeness (QED) is 0.674. The molecular formula is C29H35N3O3. The number of methoxy groups -OCH3 is 2. The molecule has 0 amide bonds. The van der Waals surface area contributed by atoms with Gasteiger partial charge < -0.3 is 24.4 Å². The molecule has 2 aromatic rings. The van der Waals surface area contributed by atoms with Crippen LogP contribution in [0.15, 0.2) is 42.5 Å². The van der Waals surface area contributed by atoms with Gasteiger partial charge in [0.15, 0.2) is 0 Å². The molecule has 4 atom stereocenters. The van der Waals surface area contributed by atoms with Gasteiger partial charge in [0.2, 0.25) is 0 Å². The minimum absolute atomic E-state index is 0.0285. The first-order chi connectivity index (χ1) is 17.1. The van der Waals surface area contributed by atoms with Gasteiger partial charge in [0.1, 0.15) is 23.6 Å². The van der Waals surface area contributed by atoms with Crippen LogP contribution in [0.4, 0.5) is 5.82 Å². The van der Waals surface area contributed by atoms with E-state index in [1.807, 2.05) is 6.07 Å². The van der Waals surface area contributed by atoms with Gasteiger partial charge in [0.25, 0.3) is 0 Å². The Hall–Kier alpha value is -2.43. The van der Waals surface area contributed by atoms with Crippen molar-refractivity contribution in [1.29, 1.82) is 0 Å². The standard InChI is InChI=1S/C29H35N3O3/c1-34-26-18-32(19-27(26)35-2)28-9-8-22(25(30-28)14-20-6-4-3-5-7-20)10-11-29(33)23-12-21-13-24(29)17-31(15-21)16-23/h3-9,21,23-24,26-27,33H,12-19H2,1-2H3/t21?,23?,24?,26-,27-,29?/m1/s1. The highest BCUT2D eigenvalue weighted by Crippen LogP contribution is 2.49. The first-order valence-corrected chi connectivity index (χ1v) is 12.9. The number of piperidine rings is 3. The fraction of sp³-hybridized carbons (Fsp3) is 0.552. The molecule has 1 N–H and O–H groups in total. The Labute approximate surface area is 208 Å². The molecule has 5 fully saturated rings. The number of pyridine rings is 1. The Morgan fingerprint density at radius 2 is 1.63 bits per heavy atom. The number of hydrogen-bond acceptors (Lipinski definition) is 6. The molecule has 2 unspecified atom stereocenters. The Kier molecular flexibility index (Phi) is 6.06. The summed E-state index contributed by atoms with van der Waals surface area (Å²) in [7, 11) is 3.47. The van der Waals surface area contributed by atoms with Crippen LogP contribution in [0.2, 0.25) is 0 Å². The predicted octanol–water partition coefficient (Wildman–Crippen LogP) is 2.58. The average molecular weight is 474 g/mol. The van der Waals surface area contributed by atoms with Crippen molar-refractivity contribution < 1.29 is 14.6 Å². The molecule has 1 aromatic carbocycles. The summed E-state index contributed by atoms with van der Waals surface area (Å²) < 4.78 is 11.3. The number of ether oxygens (including phenoxy) is 2. The number of benzene rings is 1. The van der Waals surface area contributed by atoms with Crippen LogP contribution in [-0.2, 0) is 15.9 Å². The van der Waals surface area contributed by atoms with E-state index in [4.69, 9.17) is 14.5 Å². The lowest BCUT2D eigenvalue weighted by Crippen LogP contribution is -2.66. The van der Waals surface area contributed by atoms with Gasteiger partial charge in [-0.3, -0.25) is 0 Å². The molecule has 5 aliphatic rings. The van der Waals surface area contributed by atoms with Gasteiger partial charge in [-0.15, -0.1) is 0 Å². The van der Waals surface area contributed by atoms with Gasteiger partial charge in [-0.05, 0) is 36.5 Å². The van der Waals surface area contributed by atoms with E-state index < -0.39 is 5.60 Å². The summed E-state index contributed by atoms with van der Waals surface area (Å²) in [5.41, 5.74) is 2.17. The van der Waals surface area contributed by atoms with Crippen LogP contribution in [-0.4, -0.2) is 79.7 Å². The molecule has 6 nitrogen and oxygen atoms in total. The molecule has 7 rings (SSSR count).